The van der Waals surface area contributed by atoms with Gasteiger partial charge < -0.3 is 10.2 Å². The van der Waals surface area contributed by atoms with E-state index in [4.69, 9.17) is 0 Å². The molecule has 114 valence electrons. The third-order valence-corrected chi connectivity index (χ3v) is 5.50. The minimum Gasteiger partial charge on any atom is -0.335 e. The second kappa shape index (κ2) is 5.73. The topological polar surface area (TPSA) is 75.5 Å². The number of carbonyl (C=O) groups excluding carboxylic acids is 1. The normalized spacial score (nSPS) is 27.6. The first-order valence-corrected chi connectivity index (χ1v) is 8.21. The third-order valence-electron chi connectivity index (χ3n) is 4.47. The molecule has 2 fully saturated rings. The number of hydrogen-bond donors (Lipinski definition) is 1. The number of fused-ring (bicyclic) bond motifs is 2. The number of hydrogen-bond acceptors (Lipinski definition) is 5. The average molecular weight is 309 g/mol. The summed E-state index contributed by atoms with van der Waals surface area (Å²) in [5.74, 6) is -0.0677. The van der Waals surface area contributed by atoms with Crippen molar-refractivity contribution in [2.24, 2.45) is 0 Å². The molecule has 21 heavy (non-hydrogen) atoms. The number of piperidine rings is 1. The molecule has 0 radical (unpaired) electrons. The first-order chi connectivity index (χ1) is 10.1. The molecule has 0 saturated carbocycles. The van der Waals surface area contributed by atoms with Crippen molar-refractivity contribution < 1.29 is 9.72 Å². The monoisotopic (exact) mass is 309 g/mol. The molecule has 6 nitrogen and oxygen atoms in total. The summed E-state index contributed by atoms with van der Waals surface area (Å²) in [6, 6.07) is 4.28. The molecule has 1 aromatic heterocycles. The van der Waals surface area contributed by atoms with E-state index in [0.29, 0.717) is 23.5 Å². The molecule has 2 unspecified atom stereocenters. The number of amides is 1. The summed E-state index contributed by atoms with van der Waals surface area (Å²) in [7, 11) is 0. The zero-order valence-corrected chi connectivity index (χ0v) is 12.8. The Labute approximate surface area is 127 Å². The number of nitrogens with zero attached hydrogens (tertiary/aromatic N) is 2. The van der Waals surface area contributed by atoms with Crippen molar-refractivity contribution in [3.8, 4) is 0 Å². The minimum atomic E-state index is -0.442. The van der Waals surface area contributed by atoms with E-state index < -0.39 is 4.92 Å². The molecule has 0 aliphatic carbocycles. The van der Waals surface area contributed by atoms with E-state index in [9.17, 15) is 14.9 Å². The molecule has 0 spiro atoms. The van der Waals surface area contributed by atoms with Gasteiger partial charge in [-0.2, -0.15) is 0 Å². The van der Waals surface area contributed by atoms with Gasteiger partial charge in [0.1, 0.15) is 0 Å². The van der Waals surface area contributed by atoms with Crippen molar-refractivity contribution in [1.82, 2.24) is 10.2 Å². The Bertz CT molecular complexity index is 547. The van der Waals surface area contributed by atoms with Gasteiger partial charge in [0.15, 0.2) is 0 Å². The van der Waals surface area contributed by atoms with Crippen LogP contribution in [0.3, 0.4) is 0 Å². The van der Waals surface area contributed by atoms with Gasteiger partial charge in [0.2, 0.25) is 0 Å². The molecular formula is C14H19N3O3S. The van der Waals surface area contributed by atoms with Crippen LogP contribution in [0.4, 0.5) is 5.00 Å². The molecule has 7 heteroatoms. The number of carbonyl (C=O) groups is 1. The van der Waals surface area contributed by atoms with E-state index in [2.05, 4.69) is 5.32 Å². The van der Waals surface area contributed by atoms with Crippen LogP contribution in [0.15, 0.2) is 12.1 Å². The Hall–Kier alpha value is -1.47. The van der Waals surface area contributed by atoms with Crippen molar-refractivity contribution in [2.75, 3.05) is 6.54 Å². The summed E-state index contributed by atoms with van der Waals surface area (Å²) in [6.45, 7) is 2.62. The SMILES string of the molecule is CCN(C(=O)c1ccc([N+](=O)[O-])s1)C1CC2CCC(C1)N2. The minimum absolute atomic E-state index is 0.0276. The summed E-state index contributed by atoms with van der Waals surface area (Å²) in [6.07, 6.45) is 4.36. The molecule has 3 rings (SSSR count). The van der Waals surface area contributed by atoms with Gasteiger partial charge in [0, 0.05) is 30.7 Å². The zero-order valence-electron chi connectivity index (χ0n) is 11.9. The largest absolute Gasteiger partial charge is 0.335 e. The highest BCUT2D eigenvalue weighted by atomic mass is 32.1. The fourth-order valence-electron chi connectivity index (χ4n) is 3.53. The van der Waals surface area contributed by atoms with Gasteiger partial charge in [-0.1, -0.05) is 11.3 Å². The fraction of sp³-hybridized carbons (Fsp3) is 0.643. The van der Waals surface area contributed by atoms with Crippen molar-refractivity contribution in [2.45, 2.75) is 50.7 Å². The van der Waals surface area contributed by atoms with Gasteiger partial charge in [0.25, 0.3) is 5.91 Å². The maximum atomic E-state index is 12.6. The molecule has 1 N–H and O–H groups in total. The second-order valence-electron chi connectivity index (χ2n) is 5.75. The quantitative estimate of drug-likeness (QED) is 0.684. The lowest BCUT2D eigenvalue weighted by atomic mass is 9.98. The van der Waals surface area contributed by atoms with Crippen LogP contribution < -0.4 is 5.32 Å². The van der Waals surface area contributed by atoms with Gasteiger partial charge in [0.05, 0.1) is 9.80 Å². The van der Waals surface area contributed by atoms with Gasteiger partial charge in [-0.25, -0.2) is 0 Å². The number of nitrogens with one attached hydrogen (secondary N) is 1. The summed E-state index contributed by atoms with van der Waals surface area (Å²) in [5.41, 5.74) is 0. The highest BCUT2D eigenvalue weighted by molar-refractivity contribution is 7.17. The van der Waals surface area contributed by atoms with Crippen molar-refractivity contribution >= 4 is 22.2 Å². The Morgan fingerprint density at radius 2 is 2.10 bits per heavy atom. The highest BCUT2D eigenvalue weighted by Crippen LogP contribution is 2.32. The highest BCUT2D eigenvalue weighted by Gasteiger charge is 2.37. The van der Waals surface area contributed by atoms with Crippen LogP contribution in [0, 0.1) is 10.1 Å². The molecule has 2 aliphatic rings. The smallest absolute Gasteiger partial charge is 0.324 e. The van der Waals surface area contributed by atoms with Crippen molar-refractivity contribution in [1.29, 1.82) is 0 Å². The van der Waals surface area contributed by atoms with Crippen LogP contribution in [-0.2, 0) is 0 Å². The van der Waals surface area contributed by atoms with Gasteiger partial charge in [-0.3, -0.25) is 14.9 Å². The Balaban J connectivity index is 1.75. The maximum absolute atomic E-state index is 12.6. The lowest BCUT2D eigenvalue weighted by molar-refractivity contribution is -0.380. The first kappa shape index (κ1) is 14.5. The summed E-state index contributed by atoms with van der Waals surface area (Å²) in [5, 5.41) is 14.4. The van der Waals surface area contributed by atoms with Crippen LogP contribution >= 0.6 is 11.3 Å². The van der Waals surface area contributed by atoms with Crippen molar-refractivity contribution in [3.63, 3.8) is 0 Å². The molecule has 1 aromatic rings. The van der Waals surface area contributed by atoms with E-state index >= 15 is 0 Å². The molecule has 3 heterocycles. The number of thiophene rings is 1. The molecule has 1 amide bonds. The maximum Gasteiger partial charge on any atom is 0.324 e. The Morgan fingerprint density at radius 3 is 2.62 bits per heavy atom. The fourth-order valence-corrected chi connectivity index (χ4v) is 4.31. The van der Waals surface area contributed by atoms with Crippen LogP contribution in [-0.4, -0.2) is 40.4 Å². The van der Waals surface area contributed by atoms with Crippen LogP contribution in [0.25, 0.3) is 0 Å². The summed E-state index contributed by atoms with van der Waals surface area (Å²) < 4.78 is 0. The second-order valence-corrected chi connectivity index (χ2v) is 6.81. The molecule has 2 bridgehead atoms. The number of rotatable bonds is 4. The van der Waals surface area contributed by atoms with E-state index in [0.717, 1.165) is 24.2 Å². The average Bonchev–Trinajstić information content (AvgIpc) is 3.07. The summed E-state index contributed by atoms with van der Waals surface area (Å²) in [4.78, 5) is 25.3. The first-order valence-electron chi connectivity index (χ1n) is 7.39. The van der Waals surface area contributed by atoms with Gasteiger partial charge >= 0.3 is 5.00 Å². The van der Waals surface area contributed by atoms with E-state index in [1.807, 2.05) is 11.8 Å². The van der Waals surface area contributed by atoms with Crippen LogP contribution in [0.1, 0.15) is 42.3 Å². The third kappa shape index (κ3) is 2.80. The standard InChI is InChI=1S/C14H19N3O3S/c1-2-16(11-7-9-3-4-10(8-11)15-9)14(18)12-5-6-13(21-12)17(19)20/h5-6,9-11,15H,2-4,7-8H2,1H3. The van der Waals surface area contributed by atoms with Crippen molar-refractivity contribution in [3.05, 3.63) is 27.1 Å². The predicted molar refractivity (Wildman–Crippen MR) is 80.7 cm³/mol. The lowest BCUT2D eigenvalue weighted by Crippen LogP contribution is -2.50. The zero-order chi connectivity index (χ0) is 15.0. The molecular weight excluding hydrogens is 290 g/mol. The van der Waals surface area contributed by atoms with E-state index in [1.165, 1.54) is 18.9 Å². The molecule has 2 atom stereocenters. The Morgan fingerprint density at radius 1 is 1.43 bits per heavy atom. The predicted octanol–water partition coefficient (Wildman–Crippen LogP) is 2.40. The molecule has 2 aliphatic heterocycles. The van der Waals surface area contributed by atoms with E-state index in [1.54, 1.807) is 6.07 Å². The molecule has 2 saturated heterocycles. The van der Waals surface area contributed by atoms with Crippen LogP contribution in [0.2, 0.25) is 0 Å². The van der Waals surface area contributed by atoms with Gasteiger partial charge in [-0.15, -0.1) is 0 Å². The Kier molecular flexibility index (Phi) is 3.95. The van der Waals surface area contributed by atoms with Crippen LogP contribution in [0.5, 0.6) is 0 Å². The molecule has 0 aromatic carbocycles. The van der Waals surface area contributed by atoms with E-state index in [-0.39, 0.29) is 17.0 Å². The van der Waals surface area contributed by atoms with Gasteiger partial charge in [-0.05, 0) is 38.7 Å². The summed E-state index contributed by atoms with van der Waals surface area (Å²) >= 11 is 0.968. The lowest BCUT2D eigenvalue weighted by Gasteiger charge is -2.37. The number of nitro groups is 1.